The highest BCUT2D eigenvalue weighted by atomic mass is 15.5. The third kappa shape index (κ3) is 2.83. The lowest BCUT2D eigenvalue weighted by Gasteiger charge is -2.27. The van der Waals surface area contributed by atoms with E-state index in [2.05, 4.69) is 42.5 Å². The smallest absolute Gasteiger partial charge is 0.0356 e. The summed E-state index contributed by atoms with van der Waals surface area (Å²) in [5.74, 6) is 0. The van der Waals surface area contributed by atoms with E-state index in [1.807, 2.05) is 0 Å². The molecule has 2 rings (SSSR count). The van der Waals surface area contributed by atoms with Crippen molar-refractivity contribution in [3.63, 3.8) is 0 Å². The maximum Gasteiger partial charge on any atom is 0.0356 e. The van der Waals surface area contributed by atoms with Gasteiger partial charge in [0.1, 0.15) is 0 Å². The predicted molar refractivity (Wildman–Crippen MR) is 68.2 cm³/mol. The molecule has 0 amide bonds. The molecule has 1 fully saturated rings. The molecule has 1 aliphatic heterocycles. The zero-order chi connectivity index (χ0) is 11.4. The van der Waals surface area contributed by atoms with Gasteiger partial charge in [0, 0.05) is 19.6 Å². The minimum Gasteiger partial charge on any atom is -0.251 e. The zero-order valence-corrected chi connectivity index (χ0v) is 10.4. The van der Waals surface area contributed by atoms with Crippen LogP contribution in [0.3, 0.4) is 0 Å². The van der Waals surface area contributed by atoms with Gasteiger partial charge in [-0.25, -0.2) is 5.01 Å². The van der Waals surface area contributed by atoms with Crippen LogP contribution in [0.1, 0.15) is 36.0 Å². The van der Waals surface area contributed by atoms with Gasteiger partial charge in [-0.15, -0.1) is 0 Å². The number of aryl methyl sites for hydroxylation is 1. The SMILES string of the molecule is Cc1cccc(CNN2CCCCC2)c1C. The van der Waals surface area contributed by atoms with Crippen molar-refractivity contribution in [2.24, 2.45) is 0 Å². The number of hydrogen-bond donors (Lipinski definition) is 1. The van der Waals surface area contributed by atoms with Gasteiger partial charge in [0.15, 0.2) is 0 Å². The average Bonchev–Trinajstić information content (AvgIpc) is 2.32. The zero-order valence-electron chi connectivity index (χ0n) is 10.4. The van der Waals surface area contributed by atoms with Crippen molar-refractivity contribution < 1.29 is 0 Å². The normalized spacial score (nSPS) is 17.6. The second-order valence-electron chi connectivity index (χ2n) is 4.74. The Labute approximate surface area is 98.6 Å². The fourth-order valence-corrected chi connectivity index (χ4v) is 2.25. The summed E-state index contributed by atoms with van der Waals surface area (Å²) >= 11 is 0. The third-order valence-corrected chi connectivity index (χ3v) is 3.57. The predicted octanol–water partition coefficient (Wildman–Crippen LogP) is 2.79. The molecule has 88 valence electrons. The lowest BCUT2D eigenvalue weighted by atomic mass is 10.0. The fraction of sp³-hybridized carbons (Fsp3) is 0.571. The molecular weight excluding hydrogens is 196 g/mol. The largest absolute Gasteiger partial charge is 0.251 e. The Balaban J connectivity index is 1.91. The summed E-state index contributed by atoms with van der Waals surface area (Å²) in [6.07, 6.45) is 4.06. The molecule has 16 heavy (non-hydrogen) atoms. The van der Waals surface area contributed by atoms with E-state index in [9.17, 15) is 0 Å². The lowest BCUT2D eigenvalue weighted by molar-refractivity contribution is 0.151. The highest BCUT2D eigenvalue weighted by molar-refractivity contribution is 5.32. The van der Waals surface area contributed by atoms with Crippen LogP contribution in [0.5, 0.6) is 0 Å². The number of nitrogens with zero attached hydrogens (tertiary/aromatic N) is 1. The van der Waals surface area contributed by atoms with Gasteiger partial charge in [-0.05, 0) is 43.4 Å². The summed E-state index contributed by atoms with van der Waals surface area (Å²) in [5.41, 5.74) is 7.77. The molecule has 0 spiro atoms. The molecule has 1 aliphatic rings. The van der Waals surface area contributed by atoms with E-state index < -0.39 is 0 Å². The van der Waals surface area contributed by atoms with Crippen molar-refractivity contribution in [2.45, 2.75) is 39.7 Å². The van der Waals surface area contributed by atoms with Crippen LogP contribution >= 0.6 is 0 Å². The highest BCUT2D eigenvalue weighted by Gasteiger charge is 2.09. The Morgan fingerprint density at radius 2 is 1.88 bits per heavy atom. The van der Waals surface area contributed by atoms with E-state index in [0.29, 0.717) is 0 Å². The van der Waals surface area contributed by atoms with E-state index in [4.69, 9.17) is 0 Å². The van der Waals surface area contributed by atoms with E-state index >= 15 is 0 Å². The summed E-state index contributed by atoms with van der Waals surface area (Å²) in [6.45, 7) is 7.76. The van der Waals surface area contributed by atoms with E-state index in [-0.39, 0.29) is 0 Å². The first-order chi connectivity index (χ1) is 7.77. The molecule has 0 unspecified atom stereocenters. The summed E-state index contributed by atoms with van der Waals surface area (Å²) in [7, 11) is 0. The van der Waals surface area contributed by atoms with Crippen molar-refractivity contribution >= 4 is 0 Å². The molecule has 0 aromatic heterocycles. The molecule has 0 atom stereocenters. The van der Waals surface area contributed by atoms with Crippen LogP contribution in [-0.2, 0) is 6.54 Å². The van der Waals surface area contributed by atoms with Crippen molar-refractivity contribution in [1.82, 2.24) is 10.4 Å². The van der Waals surface area contributed by atoms with Crippen LogP contribution < -0.4 is 5.43 Å². The van der Waals surface area contributed by atoms with Crippen molar-refractivity contribution in [2.75, 3.05) is 13.1 Å². The Bertz CT molecular complexity index is 341. The van der Waals surface area contributed by atoms with Crippen LogP contribution in [0.15, 0.2) is 18.2 Å². The number of benzene rings is 1. The number of hydrazine groups is 1. The summed E-state index contributed by atoms with van der Waals surface area (Å²) in [6, 6.07) is 6.55. The standard InChI is InChI=1S/C14H22N2/c1-12-7-6-8-14(13(12)2)11-15-16-9-4-3-5-10-16/h6-8,15H,3-5,9-11H2,1-2H3. The minimum atomic E-state index is 0.966. The summed E-state index contributed by atoms with van der Waals surface area (Å²) < 4.78 is 0. The average molecular weight is 218 g/mol. The first-order valence-electron chi connectivity index (χ1n) is 6.31. The molecule has 1 aromatic rings. The molecule has 0 bridgehead atoms. The fourth-order valence-electron chi connectivity index (χ4n) is 2.25. The molecule has 1 saturated heterocycles. The Morgan fingerprint density at radius 1 is 1.12 bits per heavy atom. The van der Waals surface area contributed by atoms with Crippen LogP contribution in [0.4, 0.5) is 0 Å². The first-order valence-corrected chi connectivity index (χ1v) is 6.31. The lowest BCUT2D eigenvalue weighted by Crippen LogP contribution is -2.41. The first kappa shape index (κ1) is 11.6. The van der Waals surface area contributed by atoms with Crippen LogP contribution in [0, 0.1) is 13.8 Å². The molecule has 1 heterocycles. The Morgan fingerprint density at radius 3 is 2.62 bits per heavy atom. The molecule has 2 heteroatoms. The summed E-state index contributed by atoms with van der Waals surface area (Å²) in [4.78, 5) is 0. The van der Waals surface area contributed by atoms with Gasteiger partial charge < -0.3 is 0 Å². The van der Waals surface area contributed by atoms with E-state index in [1.165, 1.54) is 49.0 Å². The maximum atomic E-state index is 3.54. The molecule has 1 aromatic carbocycles. The second-order valence-corrected chi connectivity index (χ2v) is 4.74. The highest BCUT2D eigenvalue weighted by Crippen LogP contribution is 2.13. The molecule has 0 radical (unpaired) electrons. The Kier molecular flexibility index (Phi) is 3.97. The minimum absolute atomic E-state index is 0.966. The van der Waals surface area contributed by atoms with E-state index in [0.717, 1.165) is 6.54 Å². The van der Waals surface area contributed by atoms with Crippen molar-refractivity contribution in [3.05, 3.63) is 34.9 Å². The van der Waals surface area contributed by atoms with Crippen molar-refractivity contribution in [3.8, 4) is 0 Å². The van der Waals surface area contributed by atoms with Crippen LogP contribution in [0.2, 0.25) is 0 Å². The number of hydrogen-bond acceptors (Lipinski definition) is 2. The molecular formula is C14H22N2. The number of rotatable bonds is 3. The van der Waals surface area contributed by atoms with Crippen molar-refractivity contribution in [1.29, 1.82) is 0 Å². The van der Waals surface area contributed by atoms with Gasteiger partial charge >= 0.3 is 0 Å². The Hall–Kier alpha value is -0.860. The van der Waals surface area contributed by atoms with E-state index in [1.54, 1.807) is 0 Å². The maximum absolute atomic E-state index is 3.54. The summed E-state index contributed by atoms with van der Waals surface area (Å²) in [5, 5.41) is 2.37. The van der Waals surface area contributed by atoms with Gasteiger partial charge in [0.05, 0.1) is 0 Å². The van der Waals surface area contributed by atoms with Gasteiger partial charge in [-0.3, -0.25) is 5.43 Å². The number of piperidine rings is 1. The van der Waals surface area contributed by atoms with Gasteiger partial charge in [0.2, 0.25) is 0 Å². The molecule has 0 saturated carbocycles. The molecule has 0 aliphatic carbocycles. The second kappa shape index (κ2) is 5.46. The van der Waals surface area contributed by atoms with Crippen LogP contribution in [-0.4, -0.2) is 18.1 Å². The quantitative estimate of drug-likeness (QED) is 0.839. The van der Waals surface area contributed by atoms with Gasteiger partial charge in [-0.2, -0.15) is 0 Å². The van der Waals surface area contributed by atoms with Gasteiger partial charge in [0.25, 0.3) is 0 Å². The van der Waals surface area contributed by atoms with Crippen LogP contribution in [0.25, 0.3) is 0 Å². The third-order valence-electron chi connectivity index (χ3n) is 3.57. The van der Waals surface area contributed by atoms with Gasteiger partial charge in [-0.1, -0.05) is 24.6 Å². The monoisotopic (exact) mass is 218 g/mol. The molecule has 2 nitrogen and oxygen atoms in total. The molecule has 1 N–H and O–H groups in total. The number of nitrogens with one attached hydrogen (secondary N) is 1. The topological polar surface area (TPSA) is 15.3 Å².